The van der Waals surface area contributed by atoms with Gasteiger partial charge in [-0.05, 0) is 42.5 Å². The topological polar surface area (TPSA) is 94.6 Å². The zero-order chi connectivity index (χ0) is 24.7. The highest BCUT2D eigenvalue weighted by Crippen LogP contribution is 2.26. The summed E-state index contributed by atoms with van der Waals surface area (Å²) in [6.07, 6.45) is 3.19. The lowest BCUT2D eigenvalue weighted by Gasteiger charge is -2.31. The summed E-state index contributed by atoms with van der Waals surface area (Å²) in [5.41, 5.74) is 1.78. The summed E-state index contributed by atoms with van der Waals surface area (Å²) in [5.74, 6) is 0.800. The van der Waals surface area contributed by atoms with Crippen molar-refractivity contribution in [3.63, 3.8) is 0 Å². The second kappa shape index (κ2) is 11.7. The second-order valence-electron chi connectivity index (χ2n) is 8.95. The fourth-order valence-corrected chi connectivity index (χ4v) is 5.10. The van der Waals surface area contributed by atoms with Crippen LogP contribution in [0.15, 0.2) is 41.4 Å². The van der Waals surface area contributed by atoms with Crippen molar-refractivity contribution >= 4 is 27.4 Å². The van der Waals surface area contributed by atoms with Crippen molar-refractivity contribution in [3.8, 4) is 0 Å². The number of nitrogens with zero attached hydrogens (tertiary/aromatic N) is 3. The van der Waals surface area contributed by atoms with Crippen LogP contribution in [0.4, 0.5) is 11.5 Å². The number of piperazine rings is 1. The number of aromatic nitrogens is 1. The summed E-state index contributed by atoms with van der Waals surface area (Å²) in [7, 11) is -3.82. The second-order valence-corrected chi connectivity index (χ2v) is 10.6. The number of nitrogens with one attached hydrogen (secondary N) is 2. The summed E-state index contributed by atoms with van der Waals surface area (Å²) >= 11 is 0. The summed E-state index contributed by atoms with van der Waals surface area (Å²) in [4.78, 5) is 22.2. The summed E-state index contributed by atoms with van der Waals surface area (Å²) in [6.45, 7) is 12.6. The van der Waals surface area contributed by atoms with E-state index in [-0.39, 0.29) is 16.5 Å². The number of amides is 1. The number of carbonyl (C=O) groups is 1. The SMILES string of the molecule is CCCN(CCC)C(=O)c1cc(NS(=O)(=O)c2ccc(C(C)C)cc2)cnc1N1CCNCC1. The van der Waals surface area contributed by atoms with E-state index < -0.39 is 10.0 Å². The van der Waals surface area contributed by atoms with Gasteiger partial charge in [0.05, 0.1) is 22.3 Å². The average molecular weight is 488 g/mol. The number of carbonyl (C=O) groups excluding carboxylic acids is 1. The van der Waals surface area contributed by atoms with E-state index in [4.69, 9.17) is 0 Å². The predicted molar refractivity (Wildman–Crippen MR) is 137 cm³/mol. The Balaban J connectivity index is 1.95. The van der Waals surface area contributed by atoms with Crippen LogP contribution in [0.1, 0.15) is 62.4 Å². The van der Waals surface area contributed by atoms with Gasteiger partial charge in [0.2, 0.25) is 0 Å². The van der Waals surface area contributed by atoms with Crippen LogP contribution < -0.4 is 14.9 Å². The van der Waals surface area contributed by atoms with Gasteiger partial charge in [-0.15, -0.1) is 0 Å². The van der Waals surface area contributed by atoms with Crippen molar-refractivity contribution in [3.05, 3.63) is 47.7 Å². The van der Waals surface area contributed by atoms with E-state index in [1.54, 1.807) is 18.2 Å². The van der Waals surface area contributed by atoms with Crippen LogP contribution in [0.3, 0.4) is 0 Å². The first-order valence-electron chi connectivity index (χ1n) is 12.1. The molecule has 1 aromatic heterocycles. The number of hydrogen-bond acceptors (Lipinski definition) is 6. The number of pyridine rings is 1. The lowest BCUT2D eigenvalue weighted by molar-refractivity contribution is 0.0755. The van der Waals surface area contributed by atoms with Crippen LogP contribution in [-0.4, -0.2) is 63.5 Å². The van der Waals surface area contributed by atoms with Crippen molar-refractivity contribution in [2.75, 3.05) is 48.9 Å². The smallest absolute Gasteiger partial charge is 0.261 e. The molecule has 1 aromatic carbocycles. The van der Waals surface area contributed by atoms with Gasteiger partial charge in [-0.3, -0.25) is 9.52 Å². The Hall–Kier alpha value is -2.65. The predicted octanol–water partition coefficient (Wildman–Crippen LogP) is 3.68. The Morgan fingerprint density at radius 3 is 2.29 bits per heavy atom. The normalized spacial score (nSPS) is 14.3. The van der Waals surface area contributed by atoms with E-state index in [9.17, 15) is 13.2 Å². The highest BCUT2D eigenvalue weighted by molar-refractivity contribution is 7.92. The van der Waals surface area contributed by atoms with Gasteiger partial charge in [-0.1, -0.05) is 39.8 Å². The van der Waals surface area contributed by atoms with E-state index in [1.807, 2.05) is 30.9 Å². The van der Waals surface area contributed by atoms with Gasteiger partial charge in [0, 0.05) is 39.3 Å². The van der Waals surface area contributed by atoms with Gasteiger partial charge in [-0.2, -0.15) is 0 Å². The molecule has 2 heterocycles. The van der Waals surface area contributed by atoms with Crippen molar-refractivity contribution in [2.24, 2.45) is 0 Å². The third-order valence-electron chi connectivity index (χ3n) is 5.90. The van der Waals surface area contributed by atoms with E-state index in [0.717, 1.165) is 44.6 Å². The van der Waals surface area contributed by atoms with Gasteiger partial charge < -0.3 is 15.1 Å². The third-order valence-corrected chi connectivity index (χ3v) is 7.29. The Morgan fingerprint density at radius 2 is 1.74 bits per heavy atom. The van der Waals surface area contributed by atoms with Crippen LogP contribution in [-0.2, 0) is 10.0 Å². The fourth-order valence-electron chi connectivity index (χ4n) is 4.07. The maximum Gasteiger partial charge on any atom is 0.261 e. The zero-order valence-corrected chi connectivity index (χ0v) is 21.5. The molecule has 2 N–H and O–H groups in total. The molecule has 1 aliphatic heterocycles. The van der Waals surface area contributed by atoms with Crippen molar-refractivity contribution < 1.29 is 13.2 Å². The number of anilines is 2. The minimum absolute atomic E-state index is 0.118. The van der Waals surface area contributed by atoms with E-state index >= 15 is 0 Å². The van der Waals surface area contributed by atoms with Crippen molar-refractivity contribution in [2.45, 2.75) is 51.3 Å². The first-order chi connectivity index (χ1) is 16.3. The van der Waals surface area contributed by atoms with Gasteiger partial charge in [0.15, 0.2) is 0 Å². The number of benzene rings is 1. The average Bonchev–Trinajstić information content (AvgIpc) is 2.84. The minimum Gasteiger partial charge on any atom is -0.353 e. The molecular formula is C25H37N5O3S. The van der Waals surface area contributed by atoms with Gasteiger partial charge in [0.25, 0.3) is 15.9 Å². The first-order valence-corrected chi connectivity index (χ1v) is 13.6. The van der Waals surface area contributed by atoms with Gasteiger partial charge >= 0.3 is 0 Å². The monoisotopic (exact) mass is 487 g/mol. The molecule has 1 aliphatic rings. The fraction of sp³-hybridized carbons (Fsp3) is 0.520. The zero-order valence-electron chi connectivity index (χ0n) is 20.7. The highest BCUT2D eigenvalue weighted by atomic mass is 32.2. The third kappa shape index (κ3) is 6.27. The Bertz CT molecular complexity index is 1060. The molecule has 0 radical (unpaired) electrons. The molecule has 1 saturated heterocycles. The van der Waals surface area contributed by atoms with Crippen LogP contribution >= 0.6 is 0 Å². The van der Waals surface area contributed by atoms with Gasteiger partial charge in [0.1, 0.15) is 5.82 Å². The van der Waals surface area contributed by atoms with E-state index in [1.165, 1.54) is 6.20 Å². The standard InChI is InChI=1S/C25H37N5O3S/c1-5-13-30(14-6-2)25(31)23-17-21(18-27-24(23)29-15-11-26-12-16-29)28-34(32,33)22-9-7-20(8-10-22)19(3)4/h7-10,17-19,26,28H,5-6,11-16H2,1-4H3. The number of rotatable bonds is 10. The summed E-state index contributed by atoms with van der Waals surface area (Å²) in [6, 6.07) is 8.50. The molecule has 0 saturated carbocycles. The lowest BCUT2D eigenvalue weighted by Crippen LogP contribution is -2.45. The molecule has 8 nitrogen and oxygen atoms in total. The molecule has 186 valence electrons. The molecule has 9 heteroatoms. The Labute approximate surface area is 203 Å². The van der Waals surface area contributed by atoms with E-state index in [0.29, 0.717) is 30.4 Å². The maximum atomic E-state index is 13.5. The molecule has 34 heavy (non-hydrogen) atoms. The molecule has 1 amide bonds. The van der Waals surface area contributed by atoms with Crippen LogP contribution in [0.2, 0.25) is 0 Å². The molecule has 1 fully saturated rings. The number of sulfonamides is 1. The molecule has 0 spiro atoms. The van der Waals surface area contributed by atoms with Gasteiger partial charge in [-0.25, -0.2) is 13.4 Å². The maximum absolute atomic E-state index is 13.5. The van der Waals surface area contributed by atoms with Crippen molar-refractivity contribution in [1.29, 1.82) is 0 Å². The molecular weight excluding hydrogens is 450 g/mol. The molecule has 0 atom stereocenters. The lowest BCUT2D eigenvalue weighted by atomic mass is 10.0. The van der Waals surface area contributed by atoms with Crippen LogP contribution in [0, 0.1) is 0 Å². The van der Waals surface area contributed by atoms with E-state index in [2.05, 4.69) is 33.8 Å². The van der Waals surface area contributed by atoms with Crippen LogP contribution in [0.5, 0.6) is 0 Å². The molecule has 0 bridgehead atoms. The van der Waals surface area contributed by atoms with Crippen molar-refractivity contribution in [1.82, 2.24) is 15.2 Å². The molecule has 0 unspecified atom stereocenters. The first kappa shape index (κ1) is 26.0. The highest BCUT2D eigenvalue weighted by Gasteiger charge is 2.25. The Morgan fingerprint density at radius 1 is 1.12 bits per heavy atom. The number of hydrogen-bond donors (Lipinski definition) is 2. The quantitative estimate of drug-likeness (QED) is 0.531. The van der Waals surface area contributed by atoms with Crippen LogP contribution in [0.25, 0.3) is 0 Å². The molecule has 2 aromatic rings. The Kier molecular flexibility index (Phi) is 8.90. The summed E-state index contributed by atoms with van der Waals surface area (Å²) in [5, 5.41) is 3.31. The minimum atomic E-state index is -3.82. The molecule has 3 rings (SSSR count). The largest absolute Gasteiger partial charge is 0.353 e. The summed E-state index contributed by atoms with van der Waals surface area (Å²) < 4.78 is 28.7. The molecule has 0 aliphatic carbocycles.